The lowest BCUT2D eigenvalue weighted by Crippen LogP contribution is -2.36. The van der Waals surface area contributed by atoms with Crippen molar-refractivity contribution in [2.45, 2.75) is 18.2 Å². The maximum atomic E-state index is 12.9. The van der Waals surface area contributed by atoms with Crippen molar-refractivity contribution >= 4 is 34.1 Å². The van der Waals surface area contributed by atoms with E-state index in [1.807, 2.05) is 0 Å². The van der Waals surface area contributed by atoms with Gasteiger partial charge in [-0.1, -0.05) is 6.92 Å². The van der Waals surface area contributed by atoms with Crippen LogP contribution in [0.5, 0.6) is 0 Å². The third-order valence-corrected chi connectivity index (χ3v) is 5.84. The summed E-state index contributed by atoms with van der Waals surface area (Å²) in [6.07, 6.45) is 0.374. The molecule has 2 unspecified atom stereocenters. The predicted molar refractivity (Wildman–Crippen MR) is 87.2 cm³/mol. The van der Waals surface area contributed by atoms with Gasteiger partial charge in [-0.05, 0) is 30.7 Å². The number of amides is 1. The molecule has 0 bridgehead atoms. The Balaban J connectivity index is 0.00000288. The van der Waals surface area contributed by atoms with Gasteiger partial charge in [0.2, 0.25) is 5.91 Å². The second-order valence-corrected chi connectivity index (χ2v) is 7.78. The van der Waals surface area contributed by atoms with E-state index in [1.54, 1.807) is 0 Å². The third-order valence-electron chi connectivity index (χ3n) is 3.91. The van der Waals surface area contributed by atoms with E-state index in [-0.39, 0.29) is 29.8 Å². The van der Waals surface area contributed by atoms with E-state index in [0.717, 1.165) is 24.3 Å². The number of rotatable bonds is 5. The Bertz CT molecular complexity index is 707. The van der Waals surface area contributed by atoms with Crippen molar-refractivity contribution in [1.82, 2.24) is 4.90 Å². The molecule has 6 nitrogen and oxygen atoms in total. The number of nitrogens with zero attached hydrogens (tertiary/aromatic N) is 1. The summed E-state index contributed by atoms with van der Waals surface area (Å²) >= 11 is 0. The van der Waals surface area contributed by atoms with E-state index in [1.165, 1.54) is 11.8 Å². The van der Waals surface area contributed by atoms with Crippen molar-refractivity contribution in [1.29, 1.82) is 0 Å². The molecule has 2 atom stereocenters. The number of sulfone groups is 1. The highest BCUT2D eigenvalue weighted by Crippen LogP contribution is 2.21. The minimum atomic E-state index is -3.71. The van der Waals surface area contributed by atoms with E-state index < -0.39 is 39.2 Å². The number of halogens is 2. The molecule has 24 heavy (non-hydrogen) atoms. The van der Waals surface area contributed by atoms with E-state index >= 15 is 0 Å². The SMILES string of the molecule is CC(CS(=O)(=O)c1ccc(F)cc1)C(=O)N1CCC(C(=O)O)C1.Cl. The molecule has 9 heteroatoms. The molecule has 1 aromatic carbocycles. The number of carbonyl (C=O) groups is 2. The van der Waals surface area contributed by atoms with Gasteiger partial charge in [0, 0.05) is 19.0 Å². The molecule has 0 aliphatic carbocycles. The zero-order valence-electron chi connectivity index (χ0n) is 13.0. The first-order chi connectivity index (χ1) is 10.7. The number of carboxylic acids is 1. The zero-order chi connectivity index (χ0) is 17.2. The number of carbonyl (C=O) groups excluding carboxylic acids is 1. The number of benzene rings is 1. The van der Waals surface area contributed by atoms with Gasteiger partial charge < -0.3 is 10.0 Å². The Morgan fingerprint density at radius 1 is 1.33 bits per heavy atom. The van der Waals surface area contributed by atoms with Crippen LogP contribution in [-0.4, -0.2) is 49.1 Å². The molecule has 1 aliphatic rings. The van der Waals surface area contributed by atoms with Crippen molar-refractivity contribution in [3.8, 4) is 0 Å². The van der Waals surface area contributed by atoms with Gasteiger partial charge in [-0.25, -0.2) is 12.8 Å². The van der Waals surface area contributed by atoms with Gasteiger partial charge in [0.1, 0.15) is 5.82 Å². The van der Waals surface area contributed by atoms with Crippen LogP contribution in [0.1, 0.15) is 13.3 Å². The van der Waals surface area contributed by atoms with Crippen LogP contribution in [0.25, 0.3) is 0 Å². The first-order valence-corrected chi connectivity index (χ1v) is 8.86. The first kappa shape index (κ1) is 20.4. The lowest BCUT2D eigenvalue weighted by atomic mass is 10.1. The average Bonchev–Trinajstić information content (AvgIpc) is 2.96. The molecule has 1 fully saturated rings. The number of hydrogen-bond acceptors (Lipinski definition) is 4. The van der Waals surface area contributed by atoms with Gasteiger partial charge in [0.15, 0.2) is 9.84 Å². The summed E-state index contributed by atoms with van der Waals surface area (Å²) in [4.78, 5) is 24.6. The van der Waals surface area contributed by atoms with E-state index in [4.69, 9.17) is 5.11 Å². The van der Waals surface area contributed by atoms with Crippen molar-refractivity contribution in [2.24, 2.45) is 11.8 Å². The molecule has 134 valence electrons. The molecular formula is C15H19ClFNO5S. The molecule has 1 saturated heterocycles. The monoisotopic (exact) mass is 379 g/mol. The third kappa shape index (κ3) is 4.67. The van der Waals surface area contributed by atoms with Crippen molar-refractivity contribution in [2.75, 3.05) is 18.8 Å². The second-order valence-electron chi connectivity index (χ2n) is 5.74. The summed E-state index contributed by atoms with van der Waals surface area (Å²) in [5.74, 6) is -3.65. The first-order valence-electron chi connectivity index (χ1n) is 7.20. The average molecular weight is 380 g/mol. The topological polar surface area (TPSA) is 91.8 Å². The Hall–Kier alpha value is -1.67. The van der Waals surface area contributed by atoms with Gasteiger partial charge in [-0.3, -0.25) is 9.59 Å². The Labute approximate surface area is 146 Å². The van der Waals surface area contributed by atoms with Gasteiger partial charge >= 0.3 is 5.97 Å². The molecular weight excluding hydrogens is 361 g/mol. The molecule has 0 aromatic heterocycles. The van der Waals surface area contributed by atoms with Gasteiger partial charge in [-0.2, -0.15) is 0 Å². The van der Waals surface area contributed by atoms with Crippen molar-refractivity contribution in [3.63, 3.8) is 0 Å². The molecule has 1 aliphatic heterocycles. The summed E-state index contributed by atoms with van der Waals surface area (Å²) in [7, 11) is -3.71. The highest BCUT2D eigenvalue weighted by molar-refractivity contribution is 7.91. The molecule has 1 amide bonds. The Kier molecular flexibility index (Phi) is 6.74. The highest BCUT2D eigenvalue weighted by atomic mass is 35.5. The standard InChI is InChI=1S/C15H18FNO5S.ClH/c1-10(14(18)17-7-6-11(8-17)15(19)20)9-23(21,22)13-4-2-12(16)3-5-13;/h2-5,10-11H,6-9H2,1H3,(H,19,20);1H. The van der Waals surface area contributed by atoms with Crippen molar-refractivity contribution < 1.29 is 27.5 Å². The number of hydrogen-bond donors (Lipinski definition) is 1. The fourth-order valence-corrected chi connectivity index (χ4v) is 4.16. The summed E-state index contributed by atoms with van der Waals surface area (Å²) in [6.45, 7) is 1.92. The predicted octanol–water partition coefficient (Wildman–Crippen LogP) is 1.59. The van der Waals surface area contributed by atoms with Crippen LogP contribution in [0.2, 0.25) is 0 Å². The van der Waals surface area contributed by atoms with Crippen LogP contribution >= 0.6 is 12.4 Å². The van der Waals surface area contributed by atoms with Crippen LogP contribution in [-0.2, 0) is 19.4 Å². The van der Waals surface area contributed by atoms with Crippen LogP contribution in [0.4, 0.5) is 4.39 Å². The number of likely N-dealkylation sites (tertiary alicyclic amines) is 1. The quantitative estimate of drug-likeness (QED) is 0.784. The fourth-order valence-electron chi connectivity index (χ4n) is 2.61. The van der Waals surface area contributed by atoms with Crippen LogP contribution < -0.4 is 0 Å². The maximum Gasteiger partial charge on any atom is 0.308 e. The van der Waals surface area contributed by atoms with E-state index in [9.17, 15) is 22.4 Å². The van der Waals surface area contributed by atoms with Crippen LogP contribution in [0, 0.1) is 17.7 Å². The van der Waals surface area contributed by atoms with Crippen LogP contribution in [0.3, 0.4) is 0 Å². The number of aliphatic carboxylic acids is 1. The Morgan fingerprint density at radius 3 is 2.42 bits per heavy atom. The van der Waals surface area contributed by atoms with Gasteiger partial charge in [-0.15, -0.1) is 12.4 Å². The second kappa shape index (κ2) is 7.94. The summed E-state index contributed by atoms with van der Waals surface area (Å²) in [5, 5.41) is 8.94. The van der Waals surface area contributed by atoms with E-state index in [0.29, 0.717) is 13.0 Å². The molecule has 1 N–H and O–H groups in total. The highest BCUT2D eigenvalue weighted by Gasteiger charge is 2.34. The molecule has 1 aromatic rings. The summed E-state index contributed by atoms with van der Waals surface area (Å²) in [5.41, 5.74) is 0. The lowest BCUT2D eigenvalue weighted by Gasteiger charge is -2.20. The zero-order valence-corrected chi connectivity index (χ0v) is 14.6. The minimum Gasteiger partial charge on any atom is -0.481 e. The summed E-state index contributed by atoms with van der Waals surface area (Å²) < 4.78 is 37.4. The molecule has 0 saturated carbocycles. The summed E-state index contributed by atoms with van der Waals surface area (Å²) in [6, 6.07) is 4.44. The minimum absolute atomic E-state index is 0. The van der Waals surface area contributed by atoms with Crippen LogP contribution in [0.15, 0.2) is 29.2 Å². The van der Waals surface area contributed by atoms with Crippen molar-refractivity contribution in [3.05, 3.63) is 30.1 Å². The largest absolute Gasteiger partial charge is 0.481 e. The number of carboxylic acid groups (broad SMARTS) is 1. The normalized spacial score (nSPS) is 18.8. The van der Waals surface area contributed by atoms with Gasteiger partial charge in [0.05, 0.1) is 16.6 Å². The van der Waals surface area contributed by atoms with E-state index in [2.05, 4.69) is 0 Å². The molecule has 0 radical (unpaired) electrons. The van der Waals surface area contributed by atoms with Gasteiger partial charge in [0.25, 0.3) is 0 Å². The Morgan fingerprint density at radius 2 is 1.92 bits per heavy atom. The fraction of sp³-hybridized carbons (Fsp3) is 0.467. The maximum absolute atomic E-state index is 12.9. The molecule has 2 rings (SSSR count). The molecule has 0 spiro atoms. The smallest absolute Gasteiger partial charge is 0.308 e. The molecule has 1 heterocycles. The lowest BCUT2D eigenvalue weighted by molar-refractivity contribution is -0.141.